The van der Waals surface area contributed by atoms with E-state index in [1.165, 1.54) is 0 Å². The van der Waals surface area contributed by atoms with Crippen LogP contribution in [0.2, 0.25) is 0 Å². The van der Waals surface area contributed by atoms with Crippen LogP contribution >= 0.6 is 12.2 Å². The number of aromatic nitrogens is 1. The fourth-order valence-electron chi connectivity index (χ4n) is 0.911. The van der Waals surface area contributed by atoms with Crippen LogP contribution < -0.4 is 5.73 Å². The summed E-state index contributed by atoms with van der Waals surface area (Å²) < 4.78 is 0. The first-order chi connectivity index (χ1) is 5.55. The zero-order valence-electron chi connectivity index (χ0n) is 7.24. The van der Waals surface area contributed by atoms with Crippen molar-refractivity contribution < 1.29 is 0 Å². The van der Waals surface area contributed by atoms with Gasteiger partial charge in [0.15, 0.2) is 0 Å². The molecule has 0 unspecified atom stereocenters. The first kappa shape index (κ1) is 9.13. The number of nitrogens with zero attached hydrogens (tertiary/aromatic N) is 1. The molecule has 0 saturated heterocycles. The molecule has 0 spiro atoms. The lowest BCUT2D eigenvalue weighted by Gasteiger charge is -2.23. The minimum Gasteiger partial charge on any atom is -0.393 e. The van der Waals surface area contributed by atoms with E-state index < -0.39 is 0 Å². The summed E-state index contributed by atoms with van der Waals surface area (Å²) >= 11 is 4.97. The Hall–Kier alpha value is -0.960. The lowest BCUT2D eigenvalue weighted by molar-refractivity contribution is 0.720. The summed E-state index contributed by atoms with van der Waals surface area (Å²) in [6, 6.07) is 3.86. The van der Waals surface area contributed by atoms with Crippen LogP contribution in [0.1, 0.15) is 19.4 Å². The highest BCUT2D eigenvalue weighted by Crippen LogP contribution is 2.22. The SMILES string of the molecule is CC(C)(C(N)=S)c1ccncc1. The average Bonchev–Trinajstić information content (AvgIpc) is 2.06. The van der Waals surface area contributed by atoms with Crippen molar-refractivity contribution in [3.63, 3.8) is 0 Å². The molecule has 0 aliphatic rings. The third kappa shape index (κ3) is 1.61. The topological polar surface area (TPSA) is 38.9 Å². The Morgan fingerprint density at radius 1 is 1.42 bits per heavy atom. The van der Waals surface area contributed by atoms with Crippen LogP contribution in [-0.4, -0.2) is 9.97 Å². The van der Waals surface area contributed by atoms with Gasteiger partial charge in [0, 0.05) is 17.8 Å². The van der Waals surface area contributed by atoms with Crippen molar-refractivity contribution >= 4 is 17.2 Å². The molecule has 0 saturated carbocycles. The summed E-state index contributed by atoms with van der Waals surface area (Å²) in [6.07, 6.45) is 3.49. The molecule has 0 bridgehead atoms. The summed E-state index contributed by atoms with van der Waals surface area (Å²) in [5, 5.41) is 0. The van der Waals surface area contributed by atoms with E-state index >= 15 is 0 Å². The lowest BCUT2D eigenvalue weighted by Crippen LogP contribution is -2.33. The van der Waals surface area contributed by atoms with Crippen LogP contribution in [0.15, 0.2) is 24.5 Å². The second-order valence-corrected chi connectivity index (χ2v) is 3.66. The van der Waals surface area contributed by atoms with Gasteiger partial charge in [0.2, 0.25) is 0 Å². The van der Waals surface area contributed by atoms with Crippen LogP contribution in [0.3, 0.4) is 0 Å². The summed E-state index contributed by atoms with van der Waals surface area (Å²) in [5.74, 6) is 0. The third-order valence-electron chi connectivity index (χ3n) is 2.02. The molecule has 3 heteroatoms. The monoisotopic (exact) mass is 180 g/mol. The van der Waals surface area contributed by atoms with Crippen LogP contribution in [0.4, 0.5) is 0 Å². The number of thiocarbonyl (C=S) groups is 1. The summed E-state index contributed by atoms with van der Waals surface area (Å²) in [5.41, 5.74) is 6.48. The van der Waals surface area contributed by atoms with Gasteiger partial charge in [-0.2, -0.15) is 0 Å². The number of hydrogen-bond donors (Lipinski definition) is 1. The Balaban J connectivity index is 3.06. The largest absolute Gasteiger partial charge is 0.393 e. The fraction of sp³-hybridized carbons (Fsp3) is 0.333. The standard InChI is InChI=1S/C9H12N2S/c1-9(2,8(10)12)7-3-5-11-6-4-7/h3-6H,1-2H3,(H2,10,12). The van der Waals surface area contributed by atoms with Crippen molar-refractivity contribution in [1.29, 1.82) is 0 Å². The van der Waals surface area contributed by atoms with Gasteiger partial charge < -0.3 is 5.73 Å². The van der Waals surface area contributed by atoms with Gasteiger partial charge >= 0.3 is 0 Å². The minimum atomic E-state index is -0.238. The van der Waals surface area contributed by atoms with E-state index in [2.05, 4.69) is 4.98 Å². The van der Waals surface area contributed by atoms with Gasteiger partial charge in [-0.1, -0.05) is 12.2 Å². The molecule has 12 heavy (non-hydrogen) atoms. The molecule has 0 radical (unpaired) electrons. The van der Waals surface area contributed by atoms with Crippen LogP contribution in [0.5, 0.6) is 0 Å². The molecule has 1 rings (SSSR count). The molecule has 0 atom stereocenters. The van der Waals surface area contributed by atoms with Crippen LogP contribution in [0.25, 0.3) is 0 Å². The van der Waals surface area contributed by atoms with E-state index in [0.29, 0.717) is 4.99 Å². The normalized spacial score (nSPS) is 11.2. The van der Waals surface area contributed by atoms with E-state index in [1.807, 2.05) is 26.0 Å². The molecule has 1 aromatic rings. The van der Waals surface area contributed by atoms with Gasteiger partial charge in [0.05, 0.1) is 4.99 Å². The first-order valence-electron chi connectivity index (χ1n) is 3.75. The highest BCUT2D eigenvalue weighted by molar-refractivity contribution is 7.80. The molecule has 1 aromatic heterocycles. The molecule has 0 aromatic carbocycles. The predicted molar refractivity (Wildman–Crippen MR) is 54.0 cm³/mol. The summed E-state index contributed by atoms with van der Waals surface area (Å²) in [4.78, 5) is 4.44. The molecule has 1 heterocycles. The van der Waals surface area contributed by atoms with Gasteiger partial charge in [0.1, 0.15) is 0 Å². The quantitative estimate of drug-likeness (QED) is 0.703. The molecule has 0 aliphatic carbocycles. The van der Waals surface area contributed by atoms with E-state index in [-0.39, 0.29) is 5.41 Å². The van der Waals surface area contributed by atoms with Crippen molar-refractivity contribution in [3.05, 3.63) is 30.1 Å². The smallest absolute Gasteiger partial charge is 0.0828 e. The van der Waals surface area contributed by atoms with Crippen LogP contribution in [0, 0.1) is 0 Å². The number of hydrogen-bond acceptors (Lipinski definition) is 2. The predicted octanol–water partition coefficient (Wildman–Crippen LogP) is 1.65. The number of pyridine rings is 1. The maximum absolute atomic E-state index is 5.61. The Morgan fingerprint density at radius 3 is 2.33 bits per heavy atom. The Bertz CT molecular complexity index is 280. The van der Waals surface area contributed by atoms with E-state index in [1.54, 1.807) is 12.4 Å². The fourth-order valence-corrected chi connectivity index (χ4v) is 1.03. The number of nitrogens with two attached hydrogens (primary N) is 1. The zero-order chi connectivity index (χ0) is 9.19. The highest BCUT2D eigenvalue weighted by atomic mass is 32.1. The van der Waals surface area contributed by atoms with Gasteiger partial charge in [-0.3, -0.25) is 4.98 Å². The highest BCUT2D eigenvalue weighted by Gasteiger charge is 2.23. The zero-order valence-corrected chi connectivity index (χ0v) is 8.06. The third-order valence-corrected chi connectivity index (χ3v) is 2.53. The van der Waals surface area contributed by atoms with Crippen molar-refractivity contribution in [2.45, 2.75) is 19.3 Å². The van der Waals surface area contributed by atoms with E-state index in [9.17, 15) is 0 Å². The second-order valence-electron chi connectivity index (χ2n) is 3.23. The first-order valence-corrected chi connectivity index (χ1v) is 4.16. The molecule has 2 N–H and O–H groups in total. The molecule has 0 fully saturated rings. The summed E-state index contributed by atoms with van der Waals surface area (Å²) in [6.45, 7) is 4.01. The van der Waals surface area contributed by atoms with Gasteiger partial charge in [-0.25, -0.2) is 0 Å². The van der Waals surface area contributed by atoms with Gasteiger partial charge in [-0.05, 0) is 31.5 Å². The number of rotatable bonds is 2. The minimum absolute atomic E-state index is 0.238. The second kappa shape index (κ2) is 3.19. The van der Waals surface area contributed by atoms with Gasteiger partial charge in [0.25, 0.3) is 0 Å². The molecule has 64 valence electrons. The maximum Gasteiger partial charge on any atom is 0.0828 e. The Kier molecular flexibility index (Phi) is 2.43. The van der Waals surface area contributed by atoms with Crippen molar-refractivity contribution in [2.75, 3.05) is 0 Å². The van der Waals surface area contributed by atoms with Crippen LogP contribution in [-0.2, 0) is 5.41 Å². The van der Waals surface area contributed by atoms with Crippen molar-refractivity contribution in [3.8, 4) is 0 Å². The summed E-state index contributed by atoms with van der Waals surface area (Å²) in [7, 11) is 0. The average molecular weight is 180 g/mol. The van der Waals surface area contributed by atoms with Crippen molar-refractivity contribution in [2.24, 2.45) is 5.73 Å². The lowest BCUT2D eigenvalue weighted by atomic mass is 9.85. The molecule has 0 amide bonds. The molecular formula is C9H12N2S. The van der Waals surface area contributed by atoms with Gasteiger partial charge in [-0.15, -0.1) is 0 Å². The van der Waals surface area contributed by atoms with Crippen molar-refractivity contribution in [1.82, 2.24) is 4.98 Å². The Labute approximate surface area is 77.8 Å². The maximum atomic E-state index is 5.61. The van der Waals surface area contributed by atoms with E-state index in [0.717, 1.165) is 5.56 Å². The molecule has 2 nitrogen and oxygen atoms in total. The molecule has 0 aliphatic heterocycles. The molecular weight excluding hydrogens is 168 g/mol. The van der Waals surface area contributed by atoms with E-state index in [4.69, 9.17) is 18.0 Å². The Morgan fingerprint density at radius 2 is 1.92 bits per heavy atom.